The van der Waals surface area contributed by atoms with Crippen molar-refractivity contribution in [1.82, 2.24) is 10.3 Å². The first-order valence-corrected chi connectivity index (χ1v) is 10.5. The van der Waals surface area contributed by atoms with E-state index < -0.39 is 6.04 Å². The summed E-state index contributed by atoms with van der Waals surface area (Å²) in [5.74, 6) is -0.563. The molecule has 8 heteroatoms. The van der Waals surface area contributed by atoms with Crippen LogP contribution in [0.2, 0.25) is 5.02 Å². The molecule has 0 aliphatic carbocycles. The maximum absolute atomic E-state index is 12.2. The van der Waals surface area contributed by atoms with Crippen LogP contribution in [0, 0.1) is 5.92 Å². The number of aliphatic imine (C=N–C) groups is 2. The molecule has 1 aliphatic heterocycles. The third-order valence-corrected chi connectivity index (χ3v) is 5.11. The van der Waals surface area contributed by atoms with Gasteiger partial charge in [0.05, 0.1) is 42.5 Å². The van der Waals surface area contributed by atoms with Gasteiger partial charge < -0.3 is 10.1 Å². The molecule has 3 rings (SSSR count). The third-order valence-electron chi connectivity index (χ3n) is 4.87. The molecule has 0 spiro atoms. The van der Waals surface area contributed by atoms with Gasteiger partial charge in [-0.2, -0.15) is 0 Å². The first kappa shape index (κ1) is 22.6. The summed E-state index contributed by atoms with van der Waals surface area (Å²) in [6.45, 7) is 3.88. The van der Waals surface area contributed by atoms with Crippen molar-refractivity contribution in [2.45, 2.75) is 32.7 Å². The highest BCUT2D eigenvalue weighted by molar-refractivity contribution is 6.31. The molecule has 0 saturated heterocycles. The van der Waals surface area contributed by atoms with E-state index in [1.165, 1.54) is 7.11 Å². The van der Waals surface area contributed by atoms with Crippen molar-refractivity contribution < 1.29 is 14.3 Å². The van der Waals surface area contributed by atoms with Gasteiger partial charge in [0.2, 0.25) is 5.91 Å². The number of halogens is 1. The van der Waals surface area contributed by atoms with Crippen molar-refractivity contribution in [3.63, 3.8) is 0 Å². The number of nitrogens with one attached hydrogen (secondary N) is 1. The van der Waals surface area contributed by atoms with E-state index in [1.54, 1.807) is 18.3 Å². The van der Waals surface area contributed by atoms with Gasteiger partial charge in [0.1, 0.15) is 0 Å². The number of pyridine rings is 1. The topological polar surface area (TPSA) is 93.0 Å². The van der Waals surface area contributed by atoms with E-state index in [4.69, 9.17) is 26.3 Å². The van der Waals surface area contributed by atoms with Crippen LogP contribution in [0.4, 0.5) is 5.69 Å². The maximum Gasteiger partial charge on any atom is 0.305 e. The van der Waals surface area contributed by atoms with Crippen LogP contribution in [0.5, 0.6) is 0 Å². The van der Waals surface area contributed by atoms with E-state index in [-0.39, 0.29) is 30.8 Å². The summed E-state index contributed by atoms with van der Waals surface area (Å²) in [7, 11) is 1.35. The number of amides is 1. The Hall–Kier alpha value is -3.06. The van der Waals surface area contributed by atoms with Crippen LogP contribution in [-0.2, 0) is 14.3 Å². The SMILES string of the molecule is COC(=O)CC[C@@H]1N=C(c2ccccn2)c2cc(Cl)ccc2N=C1CNC(=O)C(C)C. The predicted molar refractivity (Wildman–Crippen MR) is 121 cm³/mol. The zero-order valence-corrected chi connectivity index (χ0v) is 18.5. The van der Waals surface area contributed by atoms with Crippen LogP contribution in [-0.4, -0.2) is 48.0 Å². The van der Waals surface area contributed by atoms with Gasteiger partial charge >= 0.3 is 5.97 Å². The first-order chi connectivity index (χ1) is 14.9. The number of rotatable bonds is 7. The molecule has 1 aromatic heterocycles. The minimum atomic E-state index is -0.435. The van der Waals surface area contributed by atoms with Crippen molar-refractivity contribution in [1.29, 1.82) is 0 Å². The van der Waals surface area contributed by atoms with Gasteiger partial charge in [-0.05, 0) is 36.8 Å². The molecule has 0 fully saturated rings. The zero-order valence-electron chi connectivity index (χ0n) is 17.8. The van der Waals surface area contributed by atoms with Gasteiger partial charge in [0.15, 0.2) is 0 Å². The van der Waals surface area contributed by atoms with Crippen molar-refractivity contribution in [3.8, 4) is 0 Å². The number of benzene rings is 1. The molecule has 0 unspecified atom stereocenters. The minimum Gasteiger partial charge on any atom is -0.469 e. The number of hydrogen-bond acceptors (Lipinski definition) is 6. The molecule has 1 aromatic carbocycles. The van der Waals surface area contributed by atoms with Crippen LogP contribution in [0.25, 0.3) is 0 Å². The van der Waals surface area contributed by atoms with Gasteiger partial charge in [0.25, 0.3) is 0 Å². The van der Waals surface area contributed by atoms with E-state index in [0.29, 0.717) is 34.2 Å². The summed E-state index contributed by atoms with van der Waals surface area (Å²) in [6.07, 6.45) is 2.26. The van der Waals surface area contributed by atoms with E-state index in [0.717, 1.165) is 5.56 Å². The van der Waals surface area contributed by atoms with Crippen molar-refractivity contribution >= 4 is 40.6 Å². The molecule has 162 valence electrons. The number of carbonyl (C=O) groups is 2. The fraction of sp³-hybridized carbons (Fsp3) is 0.348. The second kappa shape index (κ2) is 10.3. The predicted octanol–water partition coefficient (Wildman–Crippen LogP) is 3.75. The number of nitrogens with zero attached hydrogens (tertiary/aromatic N) is 3. The van der Waals surface area contributed by atoms with Crippen molar-refractivity contribution in [2.24, 2.45) is 15.9 Å². The number of methoxy groups -OCH3 is 1. The highest BCUT2D eigenvalue weighted by atomic mass is 35.5. The number of carbonyl (C=O) groups excluding carboxylic acids is 2. The highest BCUT2D eigenvalue weighted by Gasteiger charge is 2.25. The Morgan fingerprint density at radius 3 is 2.71 bits per heavy atom. The molecule has 1 amide bonds. The number of aromatic nitrogens is 1. The third kappa shape index (κ3) is 5.76. The van der Waals surface area contributed by atoms with Crippen LogP contribution < -0.4 is 5.32 Å². The standard InChI is InChI=1S/C23H25ClN4O3/c1-14(2)23(30)26-13-20-18(9-10-21(29)31-3)28-22(19-6-4-5-11-25-19)16-12-15(24)7-8-17(16)27-20/h4-8,11-12,14,18H,9-10,13H2,1-3H3,(H,26,30)/t18-/m0/s1. The summed E-state index contributed by atoms with van der Waals surface area (Å²) >= 11 is 6.27. The second-order valence-corrected chi connectivity index (χ2v) is 7.90. The maximum atomic E-state index is 12.2. The lowest BCUT2D eigenvalue weighted by molar-refractivity contribution is -0.140. The fourth-order valence-corrected chi connectivity index (χ4v) is 3.33. The largest absolute Gasteiger partial charge is 0.469 e. The van der Waals surface area contributed by atoms with Gasteiger partial charge in [-0.25, -0.2) is 0 Å². The van der Waals surface area contributed by atoms with Gasteiger partial charge in [-0.1, -0.05) is 31.5 Å². The second-order valence-electron chi connectivity index (χ2n) is 7.46. The molecule has 1 N–H and O–H groups in total. The van der Waals surface area contributed by atoms with Crippen LogP contribution in [0.3, 0.4) is 0 Å². The Balaban J connectivity index is 2.07. The Morgan fingerprint density at radius 2 is 2.03 bits per heavy atom. The molecule has 7 nitrogen and oxygen atoms in total. The summed E-state index contributed by atoms with van der Waals surface area (Å²) < 4.78 is 4.80. The molecular weight excluding hydrogens is 416 g/mol. The quantitative estimate of drug-likeness (QED) is 0.663. The minimum absolute atomic E-state index is 0.0797. The Labute approximate surface area is 186 Å². The van der Waals surface area contributed by atoms with E-state index in [9.17, 15) is 9.59 Å². The molecule has 2 aromatic rings. The molecule has 1 atom stereocenters. The van der Waals surface area contributed by atoms with E-state index in [2.05, 4.69) is 10.3 Å². The van der Waals surface area contributed by atoms with Crippen LogP contribution in [0.1, 0.15) is 37.9 Å². The molecule has 31 heavy (non-hydrogen) atoms. The average Bonchev–Trinajstić information content (AvgIpc) is 2.92. The van der Waals surface area contributed by atoms with Crippen LogP contribution >= 0.6 is 11.6 Å². The number of ether oxygens (including phenoxy) is 1. The lowest BCUT2D eigenvalue weighted by Crippen LogP contribution is -2.37. The summed E-state index contributed by atoms with van der Waals surface area (Å²) in [4.78, 5) is 38.2. The van der Waals surface area contributed by atoms with Gasteiger partial charge in [-0.3, -0.25) is 24.6 Å². The van der Waals surface area contributed by atoms with E-state index in [1.807, 2.05) is 38.1 Å². The molecule has 2 heterocycles. The van der Waals surface area contributed by atoms with Gasteiger partial charge in [-0.15, -0.1) is 0 Å². The molecular formula is C23H25ClN4O3. The number of fused-ring (bicyclic) bond motifs is 1. The lowest BCUT2D eigenvalue weighted by Gasteiger charge is -2.16. The summed E-state index contributed by atoms with van der Waals surface area (Å²) in [5.41, 5.74) is 3.41. The van der Waals surface area contributed by atoms with Gasteiger partial charge in [0, 0.05) is 29.1 Å². The summed E-state index contributed by atoms with van der Waals surface area (Å²) in [6, 6.07) is 10.5. The fourth-order valence-electron chi connectivity index (χ4n) is 3.16. The van der Waals surface area contributed by atoms with Crippen LogP contribution in [0.15, 0.2) is 52.6 Å². The molecule has 0 saturated carbocycles. The monoisotopic (exact) mass is 440 g/mol. The lowest BCUT2D eigenvalue weighted by atomic mass is 10.0. The normalized spacial score (nSPS) is 15.5. The van der Waals surface area contributed by atoms with Crippen molar-refractivity contribution in [2.75, 3.05) is 13.7 Å². The van der Waals surface area contributed by atoms with Crippen molar-refractivity contribution in [3.05, 3.63) is 58.9 Å². The Bertz CT molecular complexity index is 1020. The smallest absolute Gasteiger partial charge is 0.305 e. The highest BCUT2D eigenvalue weighted by Crippen LogP contribution is 2.30. The molecule has 0 bridgehead atoms. The number of esters is 1. The summed E-state index contributed by atoms with van der Waals surface area (Å²) in [5, 5.41) is 3.47. The average molecular weight is 441 g/mol. The Kier molecular flexibility index (Phi) is 7.52. The number of hydrogen-bond donors (Lipinski definition) is 1. The van der Waals surface area contributed by atoms with E-state index >= 15 is 0 Å². The molecule has 1 aliphatic rings. The first-order valence-electron chi connectivity index (χ1n) is 10.1. The zero-order chi connectivity index (χ0) is 22.4. The molecule has 0 radical (unpaired) electrons. The Morgan fingerprint density at radius 1 is 1.23 bits per heavy atom.